The summed E-state index contributed by atoms with van der Waals surface area (Å²) in [6.07, 6.45) is 1.53. The van der Waals surface area contributed by atoms with Gasteiger partial charge in [-0.3, -0.25) is 0 Å². The number of hydrazone groups is 1. The molecule has 0 aromatic rings. The molecule has 4 N–H and O–H groups in total. The quantitative estimate of drug-likeness (QED) is 0.301. The lowest BCUT2D eigenvalue weighted by molar-refractivity contribution is 0.551. The van der Waals surface area contributed by atoms with E-state index in [1.165, 1.54) is 11.2 Å². The Morgan fingerprint density at radius 3 is 2.78 bits per heavy atom. The molecule has 0 aliphatic rings. The summed E-state index contributed by atoms with van der Waals surface area (Å²) in [6, 6.07) is 0. The molecule has 52 valence electrons. The van der Waals surface area contributed by atoms with Crippen molar-refractivity contribution in [2.24, 2.45) is 16.6 Å². The minimum atomic E-state index is 0.236. The Labute approximate surface area is 59.5 Å². The third-order valence-corrected chi connectivity index (χ3v) is 0.943. The molecule has 5 heteroatoms. The second-order valence-corrected chi connectivity index (χ2v) is 1.81. The fourth-order valence-electron chi connectivity index (χ4n) is 0.227. The van der Waals surface area contributed by atoms with E-state index in [2.05, 4.69) is 17.3 Å². The van der Waals surface area contributed by atoms with Gasteiger partial charge in [-0.05, 0) is 12.2 Å². The molecule has 0 spiro atoms. The van der Waals surface area contributed by atoms with E-state index >= 15 is 0 Å². The van der Waals surface area contributed by atoms with Crippen LogP contribution in [0.4, 0.5) is 0 Å². The molecule has 0 unspecified atom stereocenters. The summed E-state index contributed by atoms with van der Waals surface area (Å²) in [4.78, 5) is 0. The largest absolute Gasteiger partial charge is 0.375 e. The molecule has 0 aromatic heterocycles. The minimum absolute atomic E-state index is 0.236. The fourth-order valence-corrected chi connectivity index (χ4v) is 0.274. The molecule has 0 radical (unpaired) electrons. The van der Waals surface area contributed by atoms with Gasteiger partial charge in [-0.15, -0.1) is 0 Å². The Morgan fingerprint density at radius 2 is 2.44 bits per heavy atom. The molecular formula is C4H10N4S. The predicted molar refractivity (Wildman–Crippen MR) is 42.1 cm³/mol. The molecule has 0 aliphatic carbocycles. The van der Waals surface area contributed by atoms with Crippen molar-refractivity contribution >= 4 is 23.5 Å². The number of thiocarbonyl (C=S) groups is 1. The van der Waals surface area contributed by atoms with Gasteiger partial charge in [-0.1, -0.05) is 0 Å². The first-order valence-electron chi connectivity index (χ1n) is 2.44. The molecule has 0 aromatic carbocycles. The van der Waals surface area contributed by atoms with Gasteiger partial charge in [0.25, 0.3) is 0 Å². The van der Waals surface area contributed by atoms with Crippen molar-refractivity contribution in [1.82, 2.24) is 5.01 Å². The topological polar surface area (TPSA) is 67.6 Å². The van der Waals surface area contributed by atoms with Gasteiger partial charge in [0.05, 0.1) is 0 Å². The van der Waals surface area contributed by atoms with Crippen molar-refractivity contribution in [3.8, 4) is 0 Å². The predicted octanol–water partition coefficient (Wildman–Crippen LogP) is -0.894. The summed E-state index contributed by atoms with van der Waals surface area (Å²) in [5.74, 6) is 0. The molecule has 0 saturated heterocycles. The van der Waals surface area contributed by atoms with Crippen LogP contribution in [0, 0.1) is 0 Å². The molecule has 0 atom stereocenters. The summed E-state index contributed by atoms with van der Waals surface area (Å²) in [5, 5.41) is 5.37. The lowest BCUT2D eigenvalue weighted by Gasteiger charge is -2.07. The molecule has 0 bridgehead atoms. The molecule has 0 fully saturated rings. The van der Waals surface area contributed by atoms with E-state index in [4.69, 9.17) is 11.5 Å². The molecule has 9 heavy (non-hydrogen) atoms. The molecule has 0 aliphatic heterocycles. The first-order chi connectivity index (χ1) is 4.18. The Kier molecular flexibility index (Phi) is 3.90. The fraction of sp³-hybridized carbons (Fsp3) is 0.500. The van der Waals surface area contributed by atoms with Crippen LogP contribution in [0.3, 0.4) is 0 Å². The summed E-state index contributed by atoms with van der Waals surface area (Å²) < 4.78 is 0. The third kappa shape index (κ3) is 3.87. The van der Waals surface area contributed by atoms with E-state index in [9.17, 15) is 0 Å². The first kappa shape index (κ1) is 8.32. The van der Waals surface area contributed by atoms with Gasteiger partial charge in [0.15, 0.2) is 5.11 Å². The minimum Gasteiger partial charge on any atom is -0.375 e. The zero-order valence-electron chi connectivity index (χ0n) is 5.24. The maximum Gasteiger partial charge on any atom is 0.186 e. The highest BCUT2D eigenvalue weighted by Gasteiger charge is 1.90. The van der Waals surface area contributed by atoms with E-state index < -0.39 is 0 Å². The Balaban J connectivity index is 3.62. The van der Waals surface area contributed by atoms with Gasteiger partial charge >= 0.3 is 0 Å². The van der Waals surface area contributed by atoms with Gasteiger partial charge in [0.2, 0.25) is 0 Å². The standard InChI is InChI=1S/C4H10N4S/c1-8(4(6)9)7-3-2-5/h3H,2,5H2,1H3,(H2,6,9)/b7-3+. The summed E-state index contributed by atoms with van der Waals surface area (Å²) in [6.45, 7) is 0.396. The van der Waals surface area contributed by atoms with Gasteiger partial charge in [-0.25, -0.2) is 5.01 Å². The molecule has 0 heterocycles. The number of hydrogen-bond donors (Lipinski definition) is 2. The van der Waals surface area contributed by atoms with E-state index in [0.717, 1.165) is 0 Å². The van der Waals surface area contributed by atoms with E-state index in [-0.39, 0.29) is 5.11 Å². The number of hydrogen-bond acceptors (Lipinski definition) is 3. The van der Waals surface area contributed by atoms with E-state index in [1.54, 1.807) is 7.05 Å². The lowest BCUT2D eigenvalue weighted by Crippen LogP contribution is -2.27. The van der Waals surface area contributed by atoms with Crippen LogP contribution in [0.25, 0.3) is 0 Å². The maximum absolute atomic E-state index is 5.18. The summed E-state index contributed by atoms with van der Waals surface area (Å²) >= 11 is 4.58. The second kappa shape index (κ2) is 4.22. The van der Waals surface area contributed by atoms with Crippen molar-refractivity contribution in [2.45, 2.75) is 0 Å². The highest BCUT2D eigenvalue weighted by atomic mass is 32.1. The van der Waals surface area contributed by atoms with Gasteiger partial charge in [-0.2, -0.15) is 5.10 Å². The zero-order chi connectivity index (χ0) is 7.28. The van der Waals surface area contributed by atoms with Crippen LogP contribution in [-0.2, 0) is 0 Å². The van der Waals surface area contributed by atoms with E-state index in [1.807, 2.05) is 0 Å². The summed E-state index contributed by atoms with van der Waals surface area (Å²) in [7, 11) is 1.66. The van der Waals surface area contributed by atoms with Crippen LogP contribution in [-0.4, -0.2) is 29.9 Å². The first-order valence-corrected chi connectivity index (χ1v) is 2.85. The normalized spacial score (nSPS) is 10.0. The van der Waals surface area contributed by atoms with Crippen LogP contribution in [0.15, 0.2) is 5.10 Å². The monoisotopic (exact) mass is 146 g/mol. The van der Waals surface area contributed by atoms with Crippen LogP contribution < -0.4 is 11.5 Å². The van der Waals surface area contributed by atoms with Crippen molar-refractivity contribution in [3.05, 3.63) is 0 Å². The molecule has 4 nitrogen and oxygen atoms in total. The van der Waals surface area contributed by atoms with Crippen molar-refractivity contribution in [2.75, 3.05) is 13.6 Å². The zero-order valence-corrected chi connectivity index (χ0v) is 6.06. The Hall–Kier alpha value is -0.680. The van der Waals surface area contributed by atoms with Gasteiger partial charge in [0.1, 0.15) is 0 Å². The smallest absolute Gasteiger partial charge is 0.186 e. The van der Waals surface area contributed by atoms with Crippen LogP contribution in [0.5, 0.6) is 0 Å². The van der Waals surface area contributed by atoms with Crippen LogP contribution in [0.2, 0.25) is 0 Å². The number of nitrogens with two attached hydrogens (primary N) is 2. The number of rotatable bonds is 2. The highest BCUT2D eigenvalue weighted by Crippen LogP contribution is 1.78. The lowest BCUT2D eigenvalue weighted by atomic mass is 10.8. The molecule has 0 saturated carbocycles. The number of nitrogens with zero attached hydrogens (tertiary/aromatic N) is 2. The highest BCUT2D eigenvalue weighted by molar-refractivity contribution is 7.80. The third-order valence-electron chi connectivity index (χ3n) is 0.679. The maximum atomic E-state index is 5.18. The van der Waals surface area contributed by atoms with Crippen LogP contribution in [0.1, 0.15) is 0 Å². The Morgan fingerprint density at radius 1 is 1.89 bits per heavy atom. The average molecular weight is 146 g/mol. The van der Waals surface area contributed by atoms with Crippen molar-refractivity contribution < 1.29 is 0 Å². The summed E-state index contributed by atoms with van der Waals surface area (Å²) in [5.41, 5.74) is 10.3. The van der Waals surface area contributed by atoms with Crippen molar-refractivity contribution in [1.29, 1.82) is 0 Å². The van der Waals surface area contributed by atoms with Crippen LogP contribution >= 0.6 is 12.2 Å². The van der Waals surface area contributed by atoms with Gasteiger partial charge < -0.3 is 11.5 Å². The van der Waals surface area contributed by atoms with Crippen molar-refractivity contribution in [3.63, 3.8) is 0 Å². The molecule has 0 amide bonds. The molecule has 0 rings (SSSR count). The average Bonchev–Trinajstić information content (AvgIpc) is 1.82. The van der Waals surface area contributed by atoms with Gasteiger partial charge in [0, 0.05) is 19.8 Å². The SMILES string of the molecule is CN(/N=C/CN)C(N)=S. The second-order valence-electron chi connectivity index (χ2n) is 1.40. The van der Waals surface area contributed by atoms with E-state index in [0.29, 0.717) is 6.54 Å². The Bertz CT molecular complexity index is 122. The molecular weight excluding hydrogens is 136 g/mol.